The van der Waals surface area contributed by atoms with Gasteiger partial charge in [0, 0.05) is 6.54 Å². The summed E-state index contributed by atoms with van der Waals surface area (Å²) in [5, 5.41) is 2.47. The van der Waals surface area contributed by atoms with Gasteiger partial charge < -0.3 is 9.84 Å². The maximum atomic E-state index is 12.9. The summed E-state index contributed by atoms with van der Waals surface area (Å²) in [6, 6.07) is 10.2. The highest BCUT2D eigenvalue weighted by molar-refractivity contribution is 5.82. The van der Waals surface area contributed by atoms with Gasteiger partial charge in [-0.2, -0.15) is 13.2 Å². The summed E-state index contributed by atoms with van der Waals surface area (Å²) in [7, 11) is 0. The molecule has 2 aromatic carbocycles. The van der Waals surface area contributed by atoms with Gasteiger partial charge >= 0.3 is 12.2 Å². The molecule has 3 rings (SSSR count). The van der Waals surface area contributed by atoms with E-state index in [0.717, 1.165) is 6.07 Å². The molecule has 1 N–H and O–H groups in total. The molecule has 3 aromatic rings. The molecule has 0 saturated carbocycles. The van der Waals surface area contributed by atoms with Crippen molar-refractivity contribution in [2.45, 2.75) is 12.7 Å². The first-order valence-corrected chi connectivity index (χ1v) is 6.92. The third kappa shape index (κ3) is 2.90. The summed E-state index contributed by atoms with van der Waals surface area (Å²) in [6.07, 6.45) is -4.53. The van der Waals surface area contributed by atoms with Crippen LogP contribution in [-0.4, -0.2) is 10.8 Å². The number of hydrogen-bond donors (Lipinski definition) is 1. The van der Waals surface area contributed by atoms with E-state index in [1.165, 1.54) is 30.3 Å². The van der Waals surface area contributed by atoms with E-state index >= 15 is 0 Å². The molecule has 0 unspecified atom stereocenters. The van der Waals surface area contributed by atoms with Crippen molar-refractivity contribution in [3.05, 3.63) is 70.0 Å². The number of rotatable bonds is 2. The van der Waals surface area contributed by atoms with E-state index < -0.39 is 29.9 Å². The summed E-state index contributed by atoms with van der Waals surface area (Å²) >= 11 is 0. The Bertz CT molecular complexity index is 957. The summed E-state index contributed by atoms with van der Waals surface area (Å²) in [5.74, 6) is 0. The molecule has 0 atom stereocenters. The Kier molecular flexibility index (Phi) is 3.88. The first-order chi connectivity index (χ1) is 11.4. The zero-order valence-corrected chi connectivity index (χ0v) is 12.1. The van der Waals surface area contributed by atoms with Gasteiger partial charge in [-0.25, -0.2) is 4.79 Å². The summed E-state index contributed by atoms with van der Waals surface area (Å²) < 4.78 is 44.3. The summed E-state index contributed by atoms with van der Waals surface area (Å²) in [5.41, 5.74) is -1.41. The fraction of sp³-hybridized carbons (Fsp3) is 0.125. The molecule has 0 bridgehead atoms. The van der Waals surface area contributed by atoms with Crippen LogP contribution in [0.1, 0.15) is 11.1 Å². The number of amides is 1. The van der Waals surface area contributed by atoms with Crippen LogP contribution >= 0.6 is 0 Å². The maximum absolute atomic E-state index is 12.9. The predicted molar refractivity (Wildman–Crippen MR) is 79.6 cm³/mol. The van der Waals surface area contributed by atoms with Gasteiger partial charge in [0.25, 0.3) is 5.56 Å². The SMILES string of the molecule is O=C(NCc1ccccc1C(F)(F)F)n1oc2ccccc2c1=O. The van der Waals surface area contributed by atoms with Crippen molar-refractivity contribution >= 4 is 17.0 Å². The van der Waals surface area contributed by atoms with Crippen molar-refractivity contribution in [2.75, 3.05) is 0 Å². The van der Waals surface area contributed by atoms with Crippen LogP contribution in [0.5, 0.6) is 0 Å². The minimum absolute atomic E-state index is 0.109. The number of nitrogens with zero attached hydrogens (tertiary/aromatic N) is 1. The van der Waals surface area contributed by atoms with Gasteiger partial charge in [0.15, 0.2) is 5.58 Å². The van der Waals surface area contributed by atoms with E-state index in [4.69, 9.17) is 4.52 Å². The van der Waals surface area contributed by atoms with E-state index in [1.807, 2.05) is 0 Å². The van der Waals surface area contributed by atoms with Gasteiger partial charge in [0.05, 0.1) is 10.9 Å². The number of alkyl halides is 3. The third-order valence-corrected chi connectivity index (χ3v) is 3.43. The lowest BCUT2D eigenvalue weighted by atomic mass is 10.1. The van der Waals surface area contributed by atoms with Crippen LogP contribution in [0.2, 0.25) is 0 Å². The predicted octanol–water partition coefficient (Wildman–Crippen LogP) is 3.37. The Hall–Kier alpha value is -3.03. The Morgan fingerprint density at radius 2 is 1.75 bits per heavy atom. The minimum atomic E-state index is -4.53. The van der Waals surface area contributed by atoms with Crippen molar-refractivity contribution in [1.82, 2.24) is 10.1 Å². The van der Waals surface area contributed by atoms with Crippen LogP contribution < -0.4 is 10.9 Å². The van der Waals surface area contributed by atoms with Gasteiger partial charge in [0.2, 0.25) is 0 Å². The number of carbonyl (C=O) groups is 1. The van der Waals surface area contributed by atoms with E-state index in [1.54, 1.807) is 12.1 Å². The Morgan fingerprint density at radius 3 is 2.46 bits per heavy atom. The number of aromatic nitrogens is 1. The molecule has 24 heavy (non-hydrogen) atoms. The van der Waals surface area contributed by atoms with Crippen molar-refractivity contribution < 1.29 is 22.5 Å². The molecule has 0 saturated heterocycles. The highest BCUT2D eigenvalue weighted by atomic mass is 19.4. The molecular formula is C16H11F3N2O3. The molecular weight excluding hydrogens is 325 g/mol. The van der Waals surface area contributed by atoms with Crippen molar-refractivity contribution in [3.8, 4) is 0 Å². The number of benzene rings is 2. The van der Waals surface area contributed by atoms with E-state index in [-0.39, 0.29) is 16.5 Å². The molecule has 5 nitrogen and oxygen atoms in total. The third-order valence-electron chi connectivity index (χ3n) is 3.43. The van der Waals surface area contributed by atoms with Gasteiger partial charge in [0.1, 0.15) is 0 Å². The van der Waals surface area contributed by atoms with Crippen LogP contribution in [0, 0.1) is 0 Å². The fourth-order valence-electron chi connectivity index (χ4n) is 2.30. The molecule has 0 fully saturated rings. The monoisotopic (exact) mass is 336 g/mol. The van der Waals surface area contributed by atoms with Gasteiger partial charge in [-0.15, -0.1) is 0 Å². The summed E-state index contributed by atoms with van der Waals surface area (Å²) in [6.45, 7) is -0.391. The van der Waals surface area contributed by atoms with Crippen molar-refractivity contribution in [1.29, 1.82) is 0 Å². The first kappa shape index (κ1) is 15.9. The van der Waals surface area contributed by atoms with Gasteiger partial charge in [-0.05, 0) is 23.8 Å². The zero-order valence-electron chi connectivity index (χ0n) is 12.1. The Labute approximate surface area is 133 Å². The molecule has 0 radical (unpaired) electrons. The van der Waals surface area contributed by atoms with Crippen LogP contribution in [-0.2, 0) is 12.7 Å². The topological polar surface area (TPSA) is 64.2 Å². The molecule has 0 aliphatic carbocycles. The van der Waals surface area contributed by atoms with Crippen LogP contribution in [0.15, 0.2) is 57.8 Å². The van der Waals surface area contributed by atoms with Crippen LogP contribution in [0.3, 0.4) is 0 Å². The molecule has 1 amide bonds. The number of nitrogens with one attached hydrogen (secondary N) is 1. The number of halogens is 3. The van der Waals surface area contributed by atoms with E-state index in [0.29, 0.717) is 4.74 Å². The van der Waals surface area contributed by atoms with E-state index in [9.17, 15) is 22.8 Å². The minimum Gasteiger partial charge on any atom is -0.366 e. The molecule has 124 valence electrons. The molecule has 8 heteroatoms. The maximum Gasteiger partial charge on any atom is 0.416 e. The van der Waals surface area contributed by atoms with Crippen LogP contribution in [0.25, 0.3) is 11.0 Å². The van der Waals surface area contributed by atoms with Crippen molar-refractivity contribution in [2.24, 2.45) is 0 Å². The Morgan fingerprint density at radius 1 is 1.08 bits per heavy atom. The first-order valence-electron chi connectivity index (χ1n) is 6.92. The molecule has 0 aliphatic rings. The average Bonchev–Trinajstić information content (AvgIpc) is 2.89. The number of para-hydroxylation sites is 1. The standard InChI is InChI=1S/C16H11F3N2O3/c17-16(18,19)12-7-3-1-5-10(12)9-20-15(23)21-14(22)11-6-2-4-8-13(11)24-21/h1-8H,9H2,(H,20,23). The second-order valence-corrected chi connectivity index (χ2v) is 5.00. The number of hydrogen-bond acceptors (Lipinski definition) is 3. The quantitative estimate of drug-likeness (QED) is 0.780. The Balaban J connectivity index is 1.84. The van der Waals surface area contributed by atoms with Crippen LogP contribution in [0.4, 0.5) is 18.0 Å². The summed E-state index contributed by atoms with van der Waals surface area (Å²) in [4.78, 5) is 24.1. The molecule has 0 aliphatic heterocycles. The van der Waals surface area contributed by atoms with Gasteiger partial charge in [-0.3, -0.25) is 4.79 Å². The lowest BCUT2D eigenvalue weighted by molar-refractivity contribution is -0.138. The largest absolute Gasteiger partial charge is 0.416 e. The average molecular weight is 336 g/mol. The van der Waals surface area contributed by atoms with E-state index in [2.05, 4.69) is 5.32 Å². The lowest BCUT2D eigenvalue weighted by Gasteiger charge is -2.12. The zero-order chi connectivity index (χ0) is 17.3. The number of fused-ring (bicyclic) bond motifs is 1. The lowest BCUT2D eigenvalue weighted by Crippen LogP contribution is -2.34. The smallest absolute Gasteiger partial charge is 0.366 e. The fourth-order valence-corrected chi connectivity index (χ4v) is 2.30. The highest BCUT2D eigenvalue weighted by Crippen LogP contribution is 2.31. The molecule has 1 heterocycles. The second-order valence-electron chi connectivity index (χ2n) is 5.00. The van der Waals surface area contributed by atoms with Gasteiger partial charge in [-0.1, -0.05) is 35.1 Å². The number of carbonyl (C=O) groups excluding carboxylic acids is 1. The molecule has 0 spiro atoms. The normalized spacial score (nSPS) is 11.6. The van der Waals surface area contributed by atoms with Crippen molar-refractivity contribution in [3.63, 3.8) is 0 Å². The highest BCUT2D eigenvalue weighted by Gasteiger charge is 2.32. The molecule has 1 aromatic heterocycles. The second kappa shape index (κ2) is 5.88.